The molecule has 2 amide bonds. The van der Waals surface area contributed by atoms with Crippen LogP contribution in [0.25, 0.3) is 0 Å². The Balaban J connectivity index is 1.40. The fourth-order valence-corrected chi connectivity index (χ4v) is 2.68. The highest BCUT2D eigenvalue weighted by atomic mass is 16.6. The molecule has 6 heteroatoms. The van der Waals surface area contributed by atoms with Crippen molar-refractivity contribution in [3.63, 3.8) is 0 Å². The molecular weight excluding hydrogens is 284 g/mol. The molecule has 0 aliphatic carbocycles. The first kappa shape index (κ1) is 14.7. The third-order valence-corrected chi connectivity index (χ3v) is 3.88. The largest absolute Gasteiger partial charge is 0.485 e. The van der Waals surface area contributed by atoms with Crippen LogP contribution < -0.4 is 14.8 Å². The van der Waals surface area contributed by atoms with Crippen molar-refractivity contribution in [2.24, 2.45) is 0 Å². The molecule has 0 spiro atoms. The minimum atomic E-state index is -0.622. The third kappa shape index (κ3) is 3.32. The van der Waals surface area contributed by atoms with Crippen LogP contribution in [-0.4, -0.2) is 49.1 Å². The summed E-state index contributed by atoms with van der Waals surface area (Å²) in [5, 5.41) is 2.84. The van der Waals surface area contributed by atoms with Crippen molar-refractivity contribution in [1.82, 2.24) is 10.2 Å². The van der Waals surface area contributed by atoms with E-state index in [2.05, 4.69) is 5.32 Å². The van der Waals surface area contributed by atoms with Crippen molar-refractivity contribution in [2.75, 3.05) is 26.2 Å². The molecule has 6 nitrogen and oxygen atoms in total. The Morgan fingerprint density at radius 1 is 1.32 bits per heavy atom. The summed E-state index contributed by atoms with van der Waals surface area (Å²) in [5.41, 5.74) is 0. The van der Waals surface area contributed by atoms with E-state index < -0.39 is 6.10 Å². The van der Waals surface area contributed by atoms with E-state index >= 15 is 0 Å². The van der Waals surface area contributed by atoms with E-state index in [9.17, 15) is 9.59 Å². The first-order valence-corrected chi connectivity index (χ1v) is 7.68. The zero-order valence-corrected chi connectivity index (χ0v) is 12.4. The highest BCUT2D eigenvalue weighted by Crippen LogP contribution is 2.30. The number of nitrogens with one attached hydrogen (secondary N) is 1. The molecule has 1 saturated heterocycles. The van der Waals surface area contributed by atoms with Gasteiger partial charge < -0.3 is 19.7 Å². The van der Waals surface area contributed by atoms with Crippen LogP contribution in [0, 0.1) is 0 Å². The van der Waals surface area contributed by atoms with Crippen molar-refractivity contribution in [2.45, 2.75) is 25.4 Å². The van der Waals surface area contributed by atoms with Gasteiger partial charge in [-0.15, -0.1) is 0 Å². The number of benzene rings is 1. The zero-order valence-electron chi connectivity index (χ0n) is 12.4. The van der Waals surface area contributed by atoms with Crippen LogP contribution in [0.3, 0.4) is 0 Å². The summed E-state index contributed by atoms with van der Waals surface area (Å²) in [6.07, 6.45) is 1.72. The minimum absolute atomic E-state index is 0.178. The minimum Gasteiger partial charge on any atom is -0.485 e. The van der Waals surface area contributed by atoms with Gasteiger partial charge in [0, 0.05) is 26.1 Å². The molecule has 1 unspecified atom stereocenters. The van der Waals surface area contributed by atoms with Crippen LogP contribution in [0.1, 0.15) is 19.3 Å². The third-order valence-electron chi connectivity index (χ3n) is 3.88. The van der Waals surface area contributed by atoms with Crippen LogP contribution in [0.15, 0.2) is 24.3 Å². The number of ether oxygens (including phenoxy) is 2. The molecule has 2 heterocycles. The Kier molecular flexibility index (Phi) is 4.46. The second-order valence-corrected chi connectivity index (χ2v) is 5.49. The van der Waals surface area contributed by atoms with Gasteiger partial charge in [-0.25, -0.2) is 0 Å². The molecule has 1 aromatic carbocycles. The van der Waals surface area contributed by atoms with Crippen molar-refractivity contribution >= 4 is 11.8 Å². The number of para-hydroxylation sites is 2. The van der Waals surface area contributed by atoms with Gasteiger partial charge in [0.25, 0.3) is 5.91 Å². The lowest BCUT2D eigenvalue weighted by atomic mass is 10.2. The molecular formula is C16H20N2O4. The lowest BCUT2D eigenvalue weighted by molar-refractivity contribution is -0.130. The van der Waals surface area contributed by atoms with Crippen LogP contribution in [0.5, 0.6) is 11.5 Å². The molecule has 1 aromatic rings. The molecule has 0 saturated carbocycles. The summed E-state index contributed by atoms with van der Waals surface area (Å²) in [6.45, 7) is 2.28. The predicted octanol–water partition coefficient (Wildman–Crippen LogP) is 0.955. The smallest absolute Gasteiger partial charge is 0.264 e. The molecule has 1 N–H and O–H groups in total. The molecule has 2 aliphatic heterocycles. The molecule has 1 fully saturated rings. The van der Waals surface area contributed by atoms with Crippen molar-refractivity contribution in [3.05, 3.63) is 24.3 Å². The highest BCUT2D eigenvalue weighted by molar-refractivity contribution is 5.81. The molecule has 3 rings (SSSR count). The second-order valence-electron chi connectivity index (χ2n) is 5.49. The quantitative estimate of drug-likeness (QED) is 0.823. The Bertz CT molecular complexity index is 561. The average Bonchev–Trinajstić information content (AvgIpc) is 2.96. The van der Waals surface area contributed by atoms with E-state index in [1.807, 2.05) is 23.1 Å². The summed E-state index contributed by atoms with van der Waals surface area (Å²) < 4.78 is 11.2. The summed E-state index contributed by atoms with van der Waals surface area (Å²) in [5.74, 6) is 1.30. The van der Waals surface area contributed by atoms with E-state index in [-0.39, 0.29) is 18.4 Å². The van der Waals surface area contributed by atoms with Gasteiger partial charge in [0.2, 0.25) is 12.0 Å². The summed E-state index contributed by atoms with van der Waals surface area (Å²) in [6, 6.07) is 7.31. The molecule has 0 bridgehead atoms. The maximum atomic E-state index is 12.1. The predicted molar refractivity (Wildman–Crippen MR) is 79.8 cm³/mol. The fourth-order valence-electron chi connectivity index (χ4n) is 2.68. The van der Waals surface area contributed by atoms with Gasteiger partial charge in [0.15, 0.2) is 11.5 Å². The SMILES string of the molecule is O=C(NCCCN1CCCC1=O)C1COc2ccccc2O1. The van der Waals surface area contributed by atoms with Gasteiger partial charge in [0.1, 0.15) is 6.61 Å². The molecule has 22 heavy (non-hydrogen) atoms. The number of hydrogen-bond acceptors (Lipinski definition) is 4. The maximum absolute atomic E-state index is 12.1. The average molecular weight is 304 g/mol. The van der Waals surface area contributed by atoms with Gasteiger partial charge in [-0.05, 0) is 25.0 Å². The number of rotatable bonds is 5. The highest BCUT2D eigenvalue weighted by Gasteiger charge is 2.27. The van der Waals surface area contributed by atoms with Gasteiger partial charge in [-0.3, -0.25) is 9.59 Å². The van der Waals surface area contributed by atoms with Crippen LogP contribution in [-0.2, 0) is 9.59 Å². The van der Waals surface area contributed by atoms with Crippen LogP contribution in [0.4, 0.5) is 0 Å². The summed E-state index contributed by atoms with van der Waals surface area (Å²) in [4.78, 5) is 25.4. The number of amides is 2. The number of carbonyl (C=O) groups is 2. The van der Waals surface area contributed by atoms with E-state index in [1.54, 1.807) is 6.07 Å². The monoisotopic (exact) mass is 304 g/mol. The van der Waals surface area contributed by atoms with E-state index in [0.717, 1.165) is 19.4 Å². The van der Waals surface area contributed by atoms with Gasteiger partial charge >= 0.3 is 0 Å². The molecule has 118 valence electrons. The fraction of sp³-hybridized carbons (Fsp3) is 0.500. The topological polar surface area (TPSA) is 67.9 Å². The number of hydrogen-bond donors (Lipinski definition) is 1. The number of fused-ring (bicyclic) bond motifs is 1. The van der Waals surface area contributed by atoms with Crippen LogP contribution in [0.2, 0.25) is 0 Å². The van der Waals surface area contributed by atoms with Crippen molar-refractivity contribution in [1.29, 1.82) is 0 Å². The van der Waals surface area contributed by atoms with E-state index in [0.29, 0.717) is 31.0 Å². The normalized spacial score (nSPS) is 20.1. The first-order valence-electron chi connectivity index (χ1n) is 7.68. The molecule has 1 atom stereocenters. The number of nitrogens with zero attached hydrogens (tertiary/aromatic N) is 1. The second kappa shape index (κ2) is 6.68. The standard InChI is InChI=1S/C16H20N2O4/c19-15-7-3-9-18(15)10-4-8-17-16(20)14-11-21-12-5-1-2-6-13(12)22-14/h1-2,5-6,14H,3-4,7-11H2,(H,17,20). The lowest BCUT2D eigenvalue weighted by Gasteiger charge is -2.25. The maximum Gasteiger partial charge on any atom is 0.264 e. The van der Waals surface area contributed by atoms with Gasteiger partial charge in [-0.2, -0.15) is 0 Å². The number of carbonyl (C=O) groups excluding carboxylic acids is 2. The first-order chi connectivity index (χ1) is 10.7. The molecule has 0 aromatic heterocycles. The Morgan fingerprint density at radius 3 is 2.91 bits per heavy atom. The van der Waals surface area contributed by atoms with Crippen LogP contribution >= 0.6 is 0 Å². The van der Waals surface area contributed by atoms with E-state index in [1.165, 1.54) is 0 Å². The Hall–Kier alpha value is -2.24. The van der Waals surface area contributed by atoms with Crippen molar-refractivity contribution in [3.8, 4) is 11.5 Å². The lowest BCUT2D eigenvalue weighted by Crippen LogP contribution is -2.44. The van der Waals surface area contributed by atoms with Gasteiger partial charge in [0.05, 0.1) is 0 Å². The summed E-state index contributed by atoms with van der Waals surface area (Å²) >= 11 is 0. The van der Waals surface area contributed by atoms with Gasteiger partial charge in [-0.1, -0.05) is 12.1 Å². The summed E-state index contributed by atoms with van der Waals surface area (Å²) in [7, 11) is 0. The Labute approximate surface area is 129 Å². The van der Waals surface area contributed by atoms with E-state index in [4.69, 9.17) is 9.47 Å². The van der Waals surface area contributed by atoms with Crippen molar-refractivity contribution < 1.29 is 19.1 Å². The molecule has 0 radical (unpaired) electrons. The molecule has 2 aliphatic rings. The zero-order chi connectivity index (χ0) is 15.4. The Morgan fingerprint density at radius 2 is 2.14 bits per heavy atom. The number of likely N-dealkylation sites (tertiary alicyclic amines) is 1.